The Hall–Kier alpha value is -4.83. The first-order valence-corrected chi connectivity index (χ1v) is 17.1. The number of imidazole rings is 1. The number of rotatable bonds is 7. The molecule has 1 unspecified atom stereocenters. The van der Waals surface area contributed by atoms with E-state index in [0.717, 1.165) is 56.0 Å². The van der Waals surface area contributed by atoms with Crippen molar-refractivity contribution in [3.63, 3.8) is 0 Å². The summed E-state index contributed by atoms with van der Waals surface area (Å²) in [6.45, 7) is 3.72. The number of alkyl halides is 3. The van der Waals surface area contributed by atoms with E-state index < -0.39 is 42.0 Å². The number of nitrogens with zero attached hydrogens (tertiary/aromatic N) is 5. The van der Waals surface area contributed by atoms with Crippen LogP contribution in [0.3, 0.4) is 0 Å². The van der Waals surface area contributed by atoms with Crippen molar-refractivity contribution in [1.29, 1.82) is 0 Å². The summed E-state index contributed by atoms with van der Waals surface area (Å²) in [6.07, 6.45) is 0.173. The van der Waals surface area contributed by atoms with Crippen LogP contribution in [0.5, 0.6) is 0 Å². The van der Waals surface area contributed by atoms with E-state index in [-0.39, 0.29) is 28.4 Å². The number of aryl methyl sites for hydroxylation is 1. The molecular formula is C34H31F4N7O4S. The van der Waals surface area contributed by atoms with Gasteiger partial charge in [-0.15, -0.1) is 11.3 Å². The summed E-state index contributed by atoms with van der Waals surface area (Å²) in [4.78, 5) is 52.3. The molecule has 16 heteroatoms. The van der Waals surface area contributed by atoms with E-state index in [4.69, 9.17) is 4.74 Å². The van der Waals surface area contributed by atoms with Crippen molar-refractivity contribution in [2.45, 2.75) is 50.7 Å². The molecule has 260 valence electrons. The number of nitrogens with one attached hydrogen (secondary N) is 2. The SMILES string of the molecule is O=C1c2cc(-c3ccc(N4CCC5(CC4)CNC5)cc3)cc(F)c2CN1C(OC(=O)C(F)(F)F)(C(=O)Nc1nccs1)c1ncn2c1CCC2. The van der Waals surface area contributed by atoms with Gasteiger partial charge in [0.1, 0.15) is 11.5 Å². The Kier molecular flexibility index (Phi) is 7.71. The van der Waals surface area contributed by atoms with Gasteiger partial charge >= 0.3 is 17.9 Å². The van der Waals surface area contributed by atoms with Crippen LogP contribution in [0.2, 0.25) is 0 Å². The summed E-state index contributed by atoms with van der Waals surface area (Å²) in [6, 6.07) is 10.2. The van der Waals surface area contributed by atoms with Gasteiger partial charge in [0.05, 0.1) is 12.9 Å². The smallest absolute Gasteiger partial charge is 0.416 e. The molecule has 2 aromatic heterocycles. The molecule has 4 aliphatic rings. The maximum absolute atomic E-state index is 16.0. The zero-order valence-electron chi connectivity index (χ0n) is 26.6. The molecule has 0 aliphatic carbocycles. The number of amides is 2. The average Bonchev–Trinajstić information content (AvgIpc) is 3.89. The Morgan fingerprint density at radius 2 is 1.78 bits per heavy atom. The molecule has 2 fully saturated rings. The zero-order valence-corrected chi connectivity index (χ0v) is 27.4. The van der Waals surface area contributed by atoms with Crippen LogP contribution < -0.4 is 15.5 Å². The summed E-state index contributed by atoms with van der Waals surface area (Å²) in [7, 11) is 0. The van der Waals surface area contributed by atoms with Gasteiger partial charge in [-0.25, -0.2) is 19.2 Å². The highest BCUT2D eigenvalue weighted by atomic mass is 32.1. The van der Waals surface area contributed by atoms with Crippen molar-refractivity contribution < 1.29 is 36.7 Å². The van der Waals surface area contributed by atoms with Gasteiger partial charge in [-0.05, 0) is 66.5 Å². The first kappa shape index (κ1) is 32.4. The predicted octanol–water partition coefficient (Wildman–Crippen LogP) is 4.83. The second-order valence-corrected chi connectivity index (χ2v) is 14.1. The lowest BCUT2D eigenvalue weighted by Crippen LogP contribution is -2.59. The largest absolute Gasteiger partial charge is 0.491 e. The number of fused-ring (bicyclic) bond motifs is 2. The van der Waals surface area contributed by atoms with E-state index in [9.17, 15) is 27.6 Å². The van der Waals surface area contributed by atoms with Crippen molar-refractivity contribution in [2.75, 3.05) is 36.4 Å². The molecule has 4 aliphatic heterocycles. The van der Waals surface area contributed by atoms with Crippen molar-refractivity contribution in [3.8, 4) is 11.1 Å². The number of thiazole rings is 1. The molecule has 0 radical (unpaired) electrons. The molecule has 2 saturated heterocycles. The van der Waals surface area contributed by atoms with Gasteiger partial charge in [0.25, 0.3) is 11.8 Å². The molecule has 1 spiro atoms. The van der Waals surface area contributed by atoms with E-state index in [0.29, 0.717) is 40.1 Å². The number of hydrogen-bond donors (Lipinski definition) is 2. The minimum atomic E-state index is -5.54. The number of carbonyl (C=O) groups is 3. The van der Waals surface area contributed by atoms with Crippen LogP contribution in [-0.4, -0.2) is 69.6 Å². The summed E-state index contributed by atoms with van der Waals surface area (Å²) in [5, 5.41) is 7.25. The normalized spacial score (nSPS) is 19.2. The number of halogens is 4. The summed E-state index contributed by atoms with van der Waals surface area (Å²) >= 11 is 0.960. The van der Waals surface area contributed by atoms with E-state index >= 15 is 4.39 Å². The fourth-order valence-corrected chi connectivity index (χ4v) is 7.97. The van der Waals surface area contributed by atoms with E-state index in [1.807, 2.05) is 24.3 Å². The van der Waals surface area contributed by atoms with E-state index in [1.54, 1.807) is 4.57 Å². The molecule has 6 heterocycles. The van der Waals surface area contributed by atoms with E-state index in [1.165, 1.54) is 30.0 Å². The lowest BCUT2D eigenvalue weighted by Gasteiger charge is -2.49. The van der Waals surface area contributed by atoms with Crippen LogP contribution in [0.15, 0.2) is 54.3 Å². The molecule has 2 N–H and O–H groups in total. The molecule has 2 amide bonds. The average molecular weight is 710 g/mol. The minimum Gasteiger partial charge on any atom is -0.416 e. The standard InChI is InChI=1S/C34H31F4N7O4S/c35-25-15-21(20-3-5-22(6-4-20)43-11-7-32(8-12-43)17-39-18-32)14-23-24(25)16-45(28(23)46)33(49-30(48)34(36,37)38,29(47)42-31-40-9-13-50-31)27-26-2-1-10-44(26)19-41-27/h3-6,9,13-15,19,39H,1-2,7-8,10-12,16-18H2,(H,40,42,47). The molecule has 8 rings (SSSR count). The molecule has 11 nitrogen and oxygen atoms in total. The number of anilines is 2. The van der Waals surface area contributed by atoms with Gasteiger partial charge < -0.3 is 19.5 Å². The molecular weight excluding hydrogens is 678 g/mol. The highest BCUT2D eigenvalue weighted by Crippen LogP contribution is 2.44. The van der Waals surface area contributed by atoms with Crippen LogP contribution in [0.4, 0.5) is 28.4 Å². The number of hydrogen-bond acceptors (Lipinski definition) is 9. The highest BCUT2D eigenvalue weighted by Gasteiger charge is 2.61. The fraction of sp³-hybridized carbons (Fsp3) is 0.382. The van der Waals surface area contributed by atoms with Gasteiger partial charge in [0.2, 0.25) is 0 Å². The van der Waals surface area contributed by atoms with Crippen LogP contribution in [-0.2, 0) is 39.6 Å². The molecule has 0 saturated carbocycles. The molecule has 4 aromatic rings. The van der Waals surface area contributed by atoms with Gasteiger partial charge in [0.15, 0.2) is 5.13 Å². The molecule has 50 heavy (non-hydrogen) atoms. The third-order valence-electron chi connectivity index (χ3n) is 10.3. The van der Waals surface area contributed by atoms with Crippen LogP contribution in [0, 0.1) is 11.2 Å². The van der Waals surface area contributed by atoms with Gasteiger partial charge in [-0.2, -0.15) is 13.2 Å². The Balaban J connectivity index is 1.16. The number of esters is 1. The van der Waals surface area contributed by atoms with Crippen molar-refractivity contribution in [2.24, 2.45) is 5.41 Å². The van der Waals surface area contributed by atoms with Gasteiger partial charge in [0, 0.05) is 66.8 Å². The zero-order chi connectivity index (χ0) is 34.8. The van der Waals surface area contributed by atoms with Crippen molar-refractivity contribution in [1.82, 2.24) is 24.8 Å². The number of piperidine rings is 1. The second kappa shape index (κ2) is 11.9. The second-order valence-electron chi connectivity index (χ2n) is 13.2. The molecule has 2 aromatic carbocycles. The summed E-state index contributed by atoms with van der Waals surface area (Å²) < 4.78 is 64.3. The van der Waals surface area contributed by atoms with Crippen LogP contribution in [0.25, 0.3) is 11.1 Å². The first-order chi connectivity index (χ1) is 24.0. The number of benzene rings is 2. The number of aromatic nitrogens is 3. The third kappa shape index (κ3) is 5.32. The Labute approximate surface area is 287 Å². The highest BCUT2D eigenvalue weighted by molar-refractivity contribution is 7.13. The Morgan fingerprint density at radius 1 is 1.02 bits per heavy atom. The van der Waals surface area contributed by atoms with Gasteiger partial charge in [-0.3, -0.25) is 19.8 Å². The van der Waals surface area contributed by atoms with Gasteiger partial charge in [-0.1, -0.05) is 12.1 Å². The monoisotopic (exact) mass is 709 g/mol. The number of ether oxygens (including phenoxy) is 1. The maximum atomic E-state index is 16.0. The summed E-state index contributed by atoms with van der Waals surface area (Å²) in [5.74, 6) is -5.84. The first-order valence-electron chi connectivity index (χ1n) is 16.2. The number of carbonyl (C=O) groups excluding carboxylic acids is 3. The topological polar surface area (TPSA) is 122 Å². The van der Waals surface area contributed by atoms with Crippen molar-refractivity contribution >= 4 is 39.9 Å². The lowest BCUT2D eigenvalue weighted by molar-refractivity contribution is -0.228. The van der Waals surface area contributed by atoms with Crippen LogP contribution >= 0.6 is 11.3 Å². The predicted molar refractivity (Wildman–Crippen MR) is 174 cm³/mol. The van der Waals surface area contributed by atoms with Crippen molar-refractivity contribution in [3.05, 3.63) is 82.6 Å². The molecule has 0 bridgehead atoms. The summed E-state index contributed by atoms with van der Waals surface area (Å²) in [5.41, 5.74) is -1.07. The Morgan fingerprint density at radius 3 is 2.44 bits per heavy atom. The van der Waals surface area contributed by atoms with Crippen LogP contribution in [0.1, 0.15) is 46.6 Å². The molecule has 1 atom stereocenters. The lowest BCUT2D eigenvalue weighted by atomic mass is 9.73. The Bertz CT molecular complexity index is 1980. The maximum Gasteiger partial charge on any atom is 0.491 e. The van der Waals surface area contributed by atoms with E-state index in [2.05, 4.69) is 25.5 Å². The fourth-order valence-electron chi connectivity index (χ4n) is 7.45. The quantitative estimate of drug-likeness (QED) is 0.207. The minimum absolute atomic E-state index is 0.0246. The third-order valence-corrected chi connectivity index (χ3v) is 11.0.